The third-order valence-corrected chi connectivity index (χ3v) is 3.58. The van der Waals surface area contributed by atoms with Gasteiger partial charge in [-0.05, 0) is 27.2 Å². The van der Waals surface area contributed by atoms with Gasteiger partial charge in [0.15, 0.2) is 0 Å². The molecule has 3 N–H and O–H groups in total. The first-order valence-corrected chi connectivity index (χ1v) is 6.74. The van der Waals surface area contributed by atoms with Gasteiger partial charge in [0.25, 0.3) is 5.91 Å². The van der Waals surface area contributed by atoms with E-state index in [4.69, 9.17) is 5.73 Å². The first-order valence-electron chi connectivity index (χ1n) is 6.74. The number of aromatic nitrogens is 2. The number of rotatable bonds is 3. The SMILES string of the molecule is Cc1nn(C(C)C)c(NC2CCC(=O)N(C)C2=O)c1N. The number of amides is 2. The molecule has 7 nitrogen and oxygen atoms in total. The van der Waals surface area contributed by atoms with Gasteiger partial charge in [-0.15, -0.1) is 0 Å². The molecule has 2 heterocycles. The molecule has 2 amide bonds. The molecular formula is C13H21N5O2. The lowest BCUT2D eigenvalue weighted by molar-refractivity contribution is -0.146. The Kier molecular flexibility index (Phi) is 3.69. The first-order chi connectivity index (χ1) is 9.32. The number of nitrogens with one attached hydrogen (secondary N) is 1. The van der Waals surface area contributed by atoms with Gasteiger partial charge < -0.3 is 11.1 Å². The predicted molar refractivity (Wildman–Crippen MR) is 76.2 cm³/mol. The van der Waals surface area contributed by atoms with Crippen molar-refractivity contribution in [1.82, 2.24) is 14.7 Å². The summed E-state index contributed by atoms with van der Waals surface area (Å²) in [6.07, 6.45) is 0.832. The average molecular weight is 279 g/mol. The lowest BCUT2D eigenvalue weighted by atomic mass is 10.0. The maximum absolute atomic E-state index is 12.1. The van der Waals surface area contributed by atoms with E-state index >= 15 is 0 Å². The summed E-state index contributed by atoms with van der Waals surface area (Å²) < 4.78 is 1.77. The number of hydrogen-bond acceptors (Lipinski definition) is 5. The van der Waals surface area contributed by atoms with Crippen LogP contribution in [0, 0.1) is 6.92 Å². The number of anilines is 2. The van der Waals surface area contributed by atoms with Crippen LogP contribution in [0.1, 0.15) is 38.4 Å². The van der Waals surface area contributed by atoms with Crippen LogP contribution in [0.4, 0.5) is 11.5 Å². The third-order valence-electron chi connectivity index (χ3n) is 3.58. The molecule has 0 radical (unpaired) electrons. The molecule has 1 aliphatic heterocycles. The molecule has 0 bridgehead atoms. The molecule has 0 aliphatic carbocycles. The minimum atomic E-state index is -0.436. The minimum absolute atomic E-state index is 0.131. The Hall–Kier alpha value is -2.05. The van der Waals surface area contributed by atoms with Crippen molar-refractivity contribution in [3.8, 4) is 0 Å². The lowest BCUT2D eigenvalue weighted by Gasteiger charge is -2.29. The van der Waals surface area contributed by atoms with Crippen LogP contribution in [0.25, 0.3) is 0 Å². The number of nitrogen functional groups attached to an aromatic ring is 1. The fraction of sp³-hybridized carbons (Fsp3) is 0.615. The number of piperidine rings is 1. The second-order valence-corrected chi connectivity index (χ2v) is 5.41. The monoisotopic (exact) mass is 279 g/mol. The van der Waals surface area contributed by atoms with E-state index in [1.165, 1.54) is 11.9 Å². The van der Waals surface area contributed by atoms with Crippen molar-refractivity contribution < 1.29 is 9.59 Å². The van der Waals surface area contributed by atoms with Gasteiger partial charge in [-0.2, -0.15) is 5.10 Å². The number of nitrogens with two attached hydrogens (primary N) is 1. The van der Waals surface area contributed by atoms with E-state index in [9.17, 15) is 9.59 Å². The molecule has 0 aromatic carbocycles. The Labute approximate surface area is 118 Å². The molecule has 110 valence electrons. The number of carbonyl (C=O) groups is 2. The van der Waals surface area contributed by atoms with E-state index in [0.717, 1.165) is 5.69 Å². The third kappa shape index (κ3) is 2.35. The van der Waals surface area contributed by atoms with E-state index in [2.05, 4.69) is 10.4 Å². The van der Waals surface area contributed by atoms with E-state index in [-0.39, 0.29) is 17.9 Å². The molecule has 1 aromatic rings. The molecule has 1 saturated heterocycles. The molecule has 0 saturated carbocycles. The normalized spacial score (nSPS) is 19.9. The van der Waals surface area contributed by atoms with Crippen LogP contribution in [0.15, 0.2) is 0 Å². The molecule has 1 fully saturated rings. The van der Waals surface area contributed by atoms with Gasteiger partial charge in [-0.1, -0.05) is 0 Å². The van der Waals surface area contributed by atoms with Gasteiger partial charge in [0, 0.05) is 19.5 Å². The van der Waals surface area contributed by atoms with Gasteiger partial charge in [-0.3, -0.25) is 14.5 Å². The fourth-order valence-corrected chi connectivity index (χ4v) is 2.29. The van der Waals surface area contributed by atoms with Gasteiger partial charge >= 0.3 is 0 Å². The van der Waals surface area contributed by atoms with E-state index < -0.39 is 6.04 Å². The second-order valence-electron chi connectivity index (χ2n) is 5.41. The van der Waals surface area contributed by atoms with Gasteiger partial charge in [0.1, 0.15) is 11.9 Å². The number of aryl methyl sites for hydroxylation is 1. The number of likely N-dealkylation sites (N-methyl/N-ethyl adjacent to an activating group) is 1. The highest BCUT2D eigenvalue weighted by Crippen LogP contribution is 2.27. The zero-order chi connectivity index (χ0) is 15.0. The molecule has 1 atom stereocenters. The van der Waals surface area contributed by atoms with Gasteiger partial charge in [-0.25, -0.2) is 4.68 Å². The molecule has 20 heavy (non-hydrogen) atoms. The summed E-state index contributed by atoms with van der Waals surface area (Å²) >= 11 is 0. The van der Waals surface area contributed by atoms with Crippen molar-refractivity contribution in [2.24, 2.45) is 0 Å². The highest BCUT2D eigenvalue weighted by atomic mass is 16.2. The van der Waals surface area contributed by atoms with E-state index in [1.807, 2.05) is 20.8 Å². The number of likely N-dealkylation sites (tertiary alicyclic amines) is 1. The van der Waals surface area contributed by atoms with Crippen molar-refractivity contribution in [2.75, 3.05) is 18.1 Å². The molecular weight excluding hydrogens is 258 g/mol. The zero-order valence-electron chi connectivity index (χ0n) is 12.3. The Morgan fingerprint density at radius 3 is 2.65 bits per heavy atom. The molecule has 2 rings (SSSR count). The zero-order valence-corrected chi connectivity index (χ0v) is 12.3. The van der Waals surface area contributed by atoms with Crippen LogP contribution in [0.5, 0.6) is 0 Å². The summed E-state index contributed by atoms with van der Waals surface area (Å²) in [4.78, 5) is 24.8. The summed E-state index contributed by atoms with van der Waals surface area (Å²) in [6.45, 7) is 5.82. The summed E-state index contributed by atoms with van der Waals surface area (Å²) in [6, 6.07) is -0.305. The van der Waals surface area contributed by atoms with Gasteiger partial charge in [0.2, 0.25) is 5.91 Å². The summed E-state index contributed by atoms with van der Waals surface area (Å²) in [7, 11) is 1.51. The Morgan fingerprint density at radius 1 is 1.40 bits per heavy atom. The van der Waals surface area contributed by atoms with Crippen LogP contribution in [0.2, 0.25) is 0 Å². The Balaban J connectivity index is 2.26. The number of imide groups is 1. The highest BCUT2D eigenvalue weighted by molar-refractivity contribution is 6.01. The Morgan fingerprint density at radius 2 is 2.05 bits per heavy atom. The topological polar surface area (TPSA) is 93.2 Å². The van der Waals surface area contributed by atoms with Crippen LogP contribution in [-0.2, 0) is 9.59 Å². The number of nitrogens with zero attached hydrogens (tertiary/aromatic N) is 3. The fourth-order valence-electron chi connectivity index (χ4n) is 2.29. The Bertz CT molecular complexity index is 549. The largest absolute Gasteiger partial charge is 0.394 e. The van der Waals surface area contributed by atoms with Crippen LogP contribution >= 0.6 is 0 Å². The first kappa shape index (κ1) is 14.4. The number of hydrogen-bond donors (Lipinski definition) is 2. The second kappa shape index (κ2) is 5.15. The average Bonchev–Trinajstić information content (AvgIpc) is 2.67. The van der Waals surface area contributed by atoms with Crippen molar-refractivity contribution in [3.05, 3.63) is 5.69 Å². The molecule has 1 aliphatic rings. The lowest BCUT2D eigenvalue weighted by Crippen LogP contribution is -2.48. The van der Waals surface area contributed by atoms with E-state index in [0.29, 0.717) is 24.3 Å². The van der Waals surface area contributed by atoms with Crippen LogP contribution in [0.3, 0.4) is 0 Å². The quantitative estimate of drug-likeness (QED) is 0.802. The van der Waals surface area contributed by atoms with Crippen LogP contribution < -0.4 is 11.1 Å². The maximum Gasteiger partial charge on any atom is 0.251 e. The predicted octanol–water partition coefficient (Wildman–Crippen LogP) is 0.914. The smallest absolute Gasteiger partial charge is 0.251 e. The van der Waals surface area contributed by atoms with Crippen LogP contribution in [-0.4, -0.2) is 39.6 Å². The summed E-state index contributed by atoms with van der Waals surface area (Å²) in [5, 5.41) is 7.52. The summed E-state index contributed by atoms with van der Waals surface area (Å²) in [5.74, 6) is 0.281. The standard InChI is InChI=1S/C13H21N5O2/c1-7(2)18-12(11(14)8(3)16-18)15-9-5-6-10(19)17(4)13(9)20/h7,9,15H,5-6,14H2,1-4H3. The van der Waals surface area contributed by atoms with Crippen molar-refractivity contribution >= 4 is 23.3 Å². The molecule has 1 unspecified atom stereocenters. The minimum Gasteiger partial charge on any atom is -0.394 e. The summed E-state index contributed by atoms with van der Waals surface area (Å²) in [5.41, 5.74) is 7.31. The molecule has 0 spiro atoms. The van der Waals surface area contributed by atoms with Gasteiger partial charge in [0.05, 0.1) is 11.4 Å². The molecule has 7 heteroatoms. The number of carbonyl (C=O) groups excluding carboxylic acids is 2. The van der Waals surface area contributed by atoms with Crippen molar-refractivity contribution in [1.29, 1.82) is 0 Å². The van der Waals surface area contributed by atoms with Crippen molar-refractivity contribution in [2.45, 2.75) is 45.7 Å². The highest BCUT2D eigenvalue weighted by Gasteiger charge is 2.33. The molecule has 1 aromatic heterocycles. The van der Waals surface area contributed by atoms with E-state index in [1.54, 1.807) is 4.68 Å². The maximum atomic E-state index is 12.1. The van der Waals surface area contributed by atoms with Crippen molar-refractivity contribution in [3.63, 3.8) is 0 Å².